The predicted molar refractivity (Wildman–Crippen MR) is 102 cm³/mol. The number of fused-ring (bicyclic) bond motifs is 1. The molecule has 0 N–H and O–H groups in total. The summed E-state index contributed by atoms with van der Waals surface area (Å²) in [5.41, 5.74) is 5.91. The van der Waals surface area contributed by atoms with Gasteiger partial charge >= 0.3 is 5.97 Å². The molecule has 3 nitrogen and oxygen atoms in total. The van der Waals surface area contributed by atoms with Crippen molar-refractivity contribution in [2.45, 2.75) is 0 Å². The molecule has 128 valence electrons. The van der Waals surface area contributed by atoms with Crippen LogP contribution in [-0.2, 0) is 4.74 Å². The van der Waals surface area contributed by atoms with Crippen LogP contribution < -0.4 is 4.74 Å². The summed E-state index contributed by atoms with van der Waals surface area (Å²) in [6, 6.07) is 24.1. The maximum Gasteiger partial charge on any atom is 0.337 e. The van der Waals surface area contributed by atoms with Gasteiger partial charge < -0.3 is 9.47 Å². The Bertz CT molecular complexity index is 987. The van der Waals surface area contributed by atoms with Gasteiger partial charge in [-0.3, -0.25) is 0 Å². The molecule has 3 aromatic rings. The third-order valence-corrected chi connectivity index (χ3v) is 4.50. The second kappa shape index (κ2) is 6.89. The molecule has 1 aliphatic rings. The number of hydrogen-bond acceptors (Lipinski definition) is 3. The fourth-order valence-electron chi connectivity index (χ4n) is 3.21. The van der Waals surface area contributed by atoms with Gasteiger partial charge in [0.05, 0.1) is 12.7 Å². The van der Waals surface area contributed by atoms with Gasteiger partial charge in [-0.2, -0.15) is 0 Å². The zero-order valence-corrected chi connectivity index (χ0v) is 14.4. The molecule has 3 aromatic carbocycles. The Morgan fingerprint density at radius 2 is 1.65 bits per heavy atom. The summed E-state index contributed by atoms with van der Waals surface area (Å²) < 4.78 is 10.6. The highest BCUT2D eigenvalue weighted by Crippen LogP contribution is 2.36. The van der Waals surface area contributed by atoms with Crippen LogP contribution in [0.25, 0.3) is 16.7 Å². The molecule has 0 aliphatic carbocycles. The largest absolute Gasteiger partial charge is 0.489 e. The Labute approximate surface area is 152 Å². The Balaban J connectivity index is 1.78. The number of methoxy groups -OCH3 is 1. The lowest BCUT2D eigenvalue weighted by Crippen LogP contribution is -2.08. The van der Waals surface area contributed by atoms with Crippen LogP contribution in [0.3, 0.4) is 0 Å². The van der Waals surface area contributed by atoms with Gasteiger partial charge in [0.25, 0.3) is 0 Å². The lowest BCUT2D eigenvalue weighted by molar-refractivity contribution is 0.0600. The van der Waals surface area contributed by atoms with E-state index in [4.69, 9.17) is 9.47 Å². The first-order valence-electron chi connectivity index (χ1n) is 8.48. The summed E-state index contributed by atoms with van der Waals surface area (Å²) in [5, 5.41) is 0. The molecular weight excluding hydrogens is 324 g/mol. The average molecular weight is 342 g/mol. The van der Waals surface area contributed by atoms with Crippen molar-refractivity contribution in [3.8, 4) is 16.9 Å². The van der Waals surface area contributed by atoms with E-state index in [1.165, 1.54) is 12.7 Å². The van der Waals surface area contributed by atoms with Crippen molar-refractivity contribution >= 4 is 11.5 Å². The molecule has 0 atom stereocenters. The molecule has 0 saturated heterocycles. The van der Waals surface area contributed by atoms with Crippen LogP contribution >= 0.6 is 0 Å². The molecule has 3 heteroatoms. The van der Waals surface area contributed by atoms with Crippen LogP contribution in [0.1, 0.15) is 21.5 Å². The number of rotatable bonds is 3. The van der Waals surface area contributed by atoms with Crippen molar-refractivity contribution in [1.29, 1.82) is 0 Å². The monoisotopic (exact) mass is 342 g/mol. The number of carbonyl (C=O) groups is 1. The molecular formula is C23H18O3. The molecule has 26 heavy (non-hydrogen) atoms. The number of esters is 1. The maximum atomic E-state index is 11.9. The minimum atomic E-state index is -0.351. The van der Waals surface area contributed by atoms with E-state index in [0.29, 0.717) is 12.2 Å². The number of benzene rings is 3. The van der Waals surface area contributed by atoms with E-state index in [9.17, 15) is 4.79 Å². The minimum absolute atomic E-state index is 0.351. The average Bonchev–Trinajstić information content (AvgIpc) is 2.73. The van der Waals surface area contributed by atoms with E-state index in [1.54, 1.807) is 6.07 Å². The molecule has 0 saturated carbocycles. The second-order valence-electron chi connectivity index (χ2n) is 6.08. The zero-order valence-electron chi connectivity index (χ0n) is 14.4. The molecule has 1 heterocycles. The van der Waals surface area contributed by atoms with Crippen LogP contribution in [0.4, 0.5) is 0 Å². The van der Waals surface area contributed by atoms with E-state index < -0.39 is 0 Å². The molecule has 0 radical (unpaired) electrons. The molecule has 0 aromatic heterocycles. The highest BCUT2D eigenvalue weighted by molar-refractivity contribution is 5.93. The molecule has 0 unspecified atom stereocenters. The summed E-state index contributed by atoms with van der Waals surface area (Å²) >= 11 is 0. The van der Waals surface area contributed by atoms with Gasteiger partial charge in [0.2, 0.25) is 0 Å². The first kappa shape index (κ1) is 16.2. The lowest BCUT2D eigenvalue weighted by Gasteiger charge is -2.20. The van der Waals surface area contributed by atoms with Crippen LogP contribution in [0.2, 0.25) is 0 Å². The fraction of sp³-hybridized carbons (Fsp3) is 0.0870. The Hall–Kier alpha value is -3.33. The molecule has 0 fully saturated rings. The van der Waals surface area contributed by atoms with Crippen molar-refractivity contribution in [3.63, 3.8) is 0 Å². The van der Waals surface area contributed by atoms with E-state index >= 15 is 0 Å². The zero-order chi connectivity index (χ0) is 17.9. The van der Waals surface area contributed by atoms with Crippen molar-refractivity contribution in [3.05, 3.63) is 95.6 Å². The van der Waals surface area contributed by atoms with Crippen molar-refractivity contribution in [1.82, 2.24) is 0 Å². The van der Waals surface area contributed by atoms with Gasteiger partial charge in [0.1, 0.15) is 12.4 Å². The van der Waals surface area contributed by atoms with Crippen LogP contribution in [-0.4, -0.2) is 19.7 Å². The van der Waals surface area contributed by atoms with Gasteiger partial charge in [-0.05, 0) is 52.6 Å². The van der Waals surface area contributed by atoms with Gasteiger partial charge in [0.15, 0.2) is 0 Å². The third kappa shape index (κ3) is 3.00. The number of hydrogen-bond donors (Lipinski definition) is 0. The Kier molecular flexibility index (Phi) is 4.28. The molecule has 4 rings (SSSR count). The Morgan fingerprint density at radius 3 is 2.46 bits per heavy atom. The first-order valence-corrected chi connectivity index (χ1v) is 8.48. The van der Waals surface area contributed by atoms with E-state index in [2.05, 4.69) is 36.4 Å². The van der Waals surface area contributed by atoms with Gasteiger partial charge in [-0.15, -0.1) is 0 Å². The minimum Gasteiger partial charge on any atom is -0.489 e. The maximum absolute atomic E-state index is 11.9. The predicted octanol–water partition coefficient (Wildman–Crippen LogP) is 4.96. The molecule has 1 aliphatic heterocycles. The number of carbonyl (C=O) groups excluding carboxylic acids is 1. The Morgan fingerprint density at radius 1 is 0.885 bits per heavy atom. The summed E-state index contributed by atoms with van der Waals surface area (Å²) in [7, 11) is 1.39. The second-order valence-corrected chi connectivity index (χ2v) is 6.08. The normalized spacial score (nSPS) is 12.6. The molecule has 0 bridgehead atoms. The van der Waals surface area contributed by atoms with Crippen molar-refractivity contribution in [2.75, 3.05) is 13.7 Å². The van der Waals surface area contributed by atoms with Crippen LogP contribution in [0, 0.1) is 0 Å². The highest BCUT2D eigenvalue weighted by atomic mass is 16.5. The SMILES string of the molecule is COC(=O)c1ccc2c(c1)C(c1cccc(-c3ccccc3)c1)=CCO2. The third-order valence-electron chi connectivity index (χ3n) is 4.50. The lowest BCUT2D eigenvalue weighted by atomic mass is 9.92. The van der Waals surface area contributed by atoms with Crippen LogP contribution in [0.15, 0.2) is 78.9 Å². The quantitative estimate of drug-likeness (QED) is 0.631. The van der Waals surface area contributed by atoms with Crippen molar-refractivity contribution < 1.29 is 14.3 Å². The highest BCUT2D eigenvalue weighted by Gasteiger charge is 2.18. The van der Waals surface area contributed by atoms with E-state index in [-0.39, 0.29) is 5.97 Å². The fourth-order valence-corrected chi connectivity index (χ4v) is 3.21. The summed E-state index contributed by atoms with van der Waals surface area (Å²) in [4.78, 5) is 11.9. The van der Waals surface area contributed by atoms with E-state index in [0.717, 1.165) is 28.0 Å². The summed E-state index contributed by atoms with van der Waals surface area (Å²) in [6.07, 6.45) is 2.05. The smallest absolute Gasteiger partial charge is 0.337 e. The first-order chi connectivity index (χ1) is 12.8. The molecule has 0 amide bonds. The topological polar surface area (TPSA) is 35.5 Å². The standard InChI is InChI=1S/C23H18O3/c1-25-23(24)19-10-11-22-21(15-19)20(12-13-26-22)18-9-5-8-17(14-18)16-6-3-2-4-7-16/h2-12,14-15H,13H2,1H3. The van der Waals surface area contributed by atoms with Gasteiger partial charge in [-0.1, -0.05) is 48.5 Å². The van der Waals surface area contributed by atoms with Gasteiger partial charge in [0, 0.05) is 5.56 Å². The van der Waals surface area contributed by atoms with Gasteiger partial charge in [-0.25, -0.2) is 4.79 Å². The number of ether oxygens (including phenoxy) is 2. The molecule has 0 spiro atoms. The summed E-state index contributed by atoms with van der Waals surface area (Å²) in [6.45, 7) is 0.509. The summed E-state index contributed by atoms with van der Waals surface area (Å²) in [5.74, 6) is 0.427. The van der Waals surface area contributed by atoms with E-state index in [1.807, 2.05) is 36.4 Å². The van der Waals surface area contributed by atoms with Crippen LogP contribution in [0.5, 0.6) is 5.75 Å². The van der Waals surface area contributed by atoms with Crippen molar-refractivity contribution in [2.24, 2.45) is 0 Å².